The van der Waals surface area contributed by atoms with Gasteiger partial charge in [0.15, 0.2) is 0 Å². The van der Waals surface area contributed by atoms with E-state index < -0.39 is 36.0 Å². The molecule has 1 saturated heterocycles. The summed E-state index contributed by atoms with van der Waals surface area (Å²) >= 11 is 0. The van der Waals surface area contributed by atoms with E-state index in [2.05, 4.69) is 32.5 Å². The number of amides is 2. The number of hydrogen-bond donors (Lipinski definition) is 4. The van der Waals surface area contributed by atoms with E-state index in [1.165, 1.54) is 17.0 Å². The SMILES string of the molecule is C=CC(=O)Nc1ccccc1Nc1nc(NC2CCCN(C(=O)CO)C2)ncc1C(F)(F)F. The summed E-state index contributed by atoms with van der Waals surface area (Å²) in [5.41, 5.74) is -0.645. The molecule has 2 aromatic rings. The van der Waals surface area contributed by atoms with Crippen LogP contribution in [-0.4, -0.2) is 57.5 Å². The maximum atomic E-state index is 13.6. The van der Waals surface area contributed by atoms with Gasteiger partial charge >= 0.3 is 6.18 Å². The molecule has 3 rings (SSSR count). The Morgan fingerprint density at radius 1 is 1.27 bits per heavy atom. The topological polar surface area (TPSA) is 119 Å². The summed E-state index contributed by atoms with van der Waals surface area (Å²) in [4.78, 5) is 32.7. The Balaban J connectivity index is 1.87. The van der Waals surface area contributed by atoms with Crippen LogP contribution in [0, 0.1) is 0 Å². The van der Waals surface area contributed by atoms with E-state index in [0.717, 1.165) is 6.08 Å². The number of nitrogens with zero attached hydrogens (tertiary/aromatic N) is 3. The number of hydrogen-bond acceptors (Lipinski definition) is 7. The minimum atomic E-state index is -4.73. The molecule has 0 aliphatic carbocycles. The second kappa shape index (κ2) is 10.3. The van der Waals surface area contributed by atoms with E-state index in [1.807, 2.05) is 0 Å². The Bertz CT molecular complexity index is 1030. The summed E-state index contributed by atoms with van der Waals surface area (Å²) in [5.74, 6) is -1.50. The molecular formula is C21H23F3N6O3. The first kappa shape index (κ1) is 24.0. The second-order valence-corrected chi connectivity index (χ2v) is 7.30. The fourth-order valence-electron chi connectivity index (χ4n) is 3.37. The predicted molar refractivity (Wildman–Crippen MR) is 116 cm³/mol. The van der Waals surface area contributed by atoms with Crippen LogP contribution in [0.15, 0.2) is 43.1 Å². The number of para-hydroxylation sites is 2. The lowest BCUT2D eigenvalue weighted by atomic mass is 10.1. The lowest BCUT2D eigenvalue weighted by Gasteiger charge is -2.32. The Morgan fingerprint density at radius 2 is 2.00 bits per heavy atom. The number of nitrogens with one attached hydrogen (secondary N) is 3. The zero-order valence-electron chi connectivity index (χ0n) is 17.5. The van der Waals surface area contributed by atoms with E-state index in [-0.39, 0.29) is 29.9 Å². The molecule has 176 valence electrons. The Morgan fingerprint density at radius 3 is 2.67 bits per heavy atom. The third-order valence-electron chi connectivity index (χ3n) is 4.96. The molecule has 2 amide bonds. The highest BCUT2D eigenvalue weighted by molar-refractivity contribution is 6.01. The molecule has 4 N–H and O–H groups in total. The smallest absolute Gasteiger partial charge is 0.387 e. The van der Waals surface area contributed by atoms with E-state index >= 15 is 0 Å². The van der Waals surface area contributed by atoms with Crippen LogP contribution in [0.4, 0.5) is 36.3 Å². The molecule has 0 radical (unpaired) electrons. The maximum Gasteiger partial charge on any atom is 0.421 e. The number of piperidine rings is 1. The molecular weight excluding hydrogens is 441 g/mol. The van der Waals surface area contributed by atoms with Gasteiger partial charge in [-0.25, -0.2) is 4.98 Å². The van der Waals surface area contributed by atoms with Crippen molar-refractivity contribution in [3.8, 4) is 0 Å². The van der Waals surface area contributed by atoms with Gasteiger partial charge in [0.05, 0.1) is 11.4 Å². The summed E-state index contributed by atoms with van der Waals surface area (Å²) in [7, 11) is 0. The molecule has 33 heavy (non-hydrogen) atoms. The standard InChI is InChI=1S/C21H23F3N6O3/c1-2-17(32)27-15-7-3-4-8-16(15)28-19-14(21(22,23)24)10-25-20(29-19)26-13-6-5-9-30(11-13)18(33)12-31/h2-4,7-8,10,13,31H,1,5-6,9,11-12H2,(H,27,32)(H2,25,26,28,29). The van der Waals surface area contributed by atoms with Crippen molar-refractivity contribution in [2.75, 3.05) is 35.6 Å². The van der Waals surface area contributed by atoms with Crippen LogP contribution in [0.5, 0.6) is 0 Å². The maximum absolute atomic E-state index is 13.6. The third-order valence-corrected chi connectivity index (χ3v) is 4.96. The first-order valence-corrected chi connectivity index (χ1v) is 10.1. The van der Waals surface area contributed by atoms with Gasteiger partial charge < -0.3 is 26.0 Å². The summed E-state index contributed by atoms with van der Waals surface area (Å²) in [6, 6.07) is 5.93. The Labute approximate surface area is 187 Å². The highest BCUT2D eigenvalue weighted by Crippen LogP contribution is 2.36. The van der Waals surface area contributed by atoms with Crippen LogP contribution >= 0.6 is 0 Å². The lowest BCUT2D eigenvalue weighted by molar-refractivity contribution is -0.137. The fourth-order valence-corrected chi connectivity index (χ4v) is 3.37. The van der Waals surface area contributed by atoms with E-state index in [0.29, 0.717) is 25.6 Å². The third kappa shape index (κ3) is 6.19. The van der Waals surface area contributed by atoms with Gasteiger partial charge in [-0.3, -0.25) is 9.59 Å². The molecule has 12 heteroatoms. The van der Waals surface area contributed by atoms with Crippen molar-refractivity contribution >= 4 is 35.0 Å². The van der Waals surface area contributed by atoms with E-state index in [9.17, 15) is 22.8 Å². The molecule has 2 heterocycles. The number of aromatic nitrogens is 2. The minimum Gasteiger partial charge on any atom is -0.387 e. The molecule has 1 aromatic heterocycles. The van der Waals surface area contributed by atoms with Gasteiger partial charge in [-0.15, -0.1) is 0 Å². The highest BCUT2D eigenvalue weighted by atomic mass is 19.4. The summed E-state index contributed by atoms with van der Waals surface area (Å²) in [5, 5.41) is 17.2. The van der Waals surface area contributed by atoms with Gasteiger partial charge in [0.1, 0.15) is 18.0 Å². The monoisotopic (exact) mass is 464 g/mol. The summed E-state index contributed by atoms with van der Waals surface area (Å²) in [6.45, 7) is 3.50. The number of anilines is 4. The molecule has 1 aromatic carbocycles. The molecule has 9 nitrogen and oxygen atoms in total. The van der Waals surface area contributed by atoms with Crippen molar-refractivity contribution in [1.82, 2.24) is 14.9 Å². The number of alkyl halides is 3. The number of carbonyl (C=O) groups is 2. The van der Waals surface area contributed by atoms with Gasteiger partial charge in [0.25, 0.3) is 0 Å². The number of benzene rings is 1. The van der Waals surface area contributed by atoms with Gasteiger partial charge in [0.2, 0.25) is 17.8 Å². The van der Waals surface area contributed by atoms with Crippen LogP contribution in [0.2, 0.25) is 0 Å². The molecule has 1 aliphatic rings. The molecule has 1 atom stereocenters. The average molecular weight is 464 g/mol. The number of halogens is 3. The lowest BCUT2D eigenvalue weighted by Crippen LogP contribution is -2.46. The van der Waals surface area contributed by atoms with Crippen molar-refractivity contribution in [3.63, 3.8) is 0 Å². The Hall–Kier alpha value is -3.67. The molecule has 0 saturated carbocycles. The average Bonchev–Trinajstić information content (AvgIpc) is 2.79. The van der Waals surface area contributed by atoms with Gasteiger partial charge in [-0.05, 0) is 31.1 Å². The minimum absolute atomic E-state index is 0.0543. The van der Waals surface area contributed by atoms with Crippen molar-refractivity contribution in [3.05, 3.63) is 48.7 Å². The first-order chi connectivity index (χ1) is 15.7. The molecule has 1 aliphatic heterocycles. The molecule has 1 fully saturated rings. The van der Waals surface area contributed by atoms with Gasteiger partial charge in [0, 0.05) is 25.3 Å². The predicted octanol–water partition coefficient (Wildman–Crippen LogP) is 2.76. The number of carbonyl (C=O) groups excluding carboxylic acids is 2. The molecule has 1 unspecified atom stereocenters. The fraction of sp³-hybridized carbons (Fsp3) is 0.333. The summed E-state index contributed by atoms with van der Waals surface area (Å²) in [6.07, 6.45) is -1.71. The highest BCUT2D eigenvalue weighted by Gasteiger charge is 2.36. The zero-order valence-corrected chi connectivity index (χ0v) is 17.5. The van der Waals surface area contributed by atoms with Crippen LogP contribution in [0.3, 0.4) is 0 Å². The van der Waals surface area contributed by atoms with Crippen molar-refractivity contribution in [2.45, 2.75) is 25.1 Å². The number of aliphatic hydroxyl groups is 1. The largest absolute Gasteiger partial charge is 0.421 e. The molecule has 0 bridgehead atoms. The Kier molecular flexibility index (Phi) is 7.48. The summed E-state index contributed by atoms with van der Waals surface area (Å²) < 4.78 is 40.8. The first-order valence-electron chi connectivity index (χ1n) is 10.1. The van der Waals surface area contributed by atoms with E-state index in [4.69, 9.17) is 5.11 Å². The normalized spacial score (nSPS) is 16.1. The van der Waals surface area contributed by atoms with Crippen LogP contribution < -0.4 is 16.0 Å². The molecule has 0 spiro atoms. The van der Waals surface area contributed by atoms with Crippen molar-refractivity contribution in [1.29, 1.82) is 0 Å². The number of rotatable bonds is 7. The van der Waals surface area contributed by atoms with Gasteiger partial charge in [-0.2, -0.15) is 18.2 Å². The second-order valence-electron chi connectivity index (χ2n) is 7.30. The van der Waals surface area contributed by atoms with Crippen LogP contribution in [-0.2, 0) is 15.8 Å². The van der Waals surface area contributed by atoms with Crippen molar-refractivity contribution < 1.29 is 27.9 Å². The number of aliphatic hydroxyl groups excluding tert-OH is 1. The quantitative estimate of drug-likeness (QED) is 0.465. The zero-order chi connectivity index (χ0) is 24.0. The number of likely N-dealkylation sites (tertiary alicyclic amines) is 1. The van der Waals surface area contributed by atoms with Crippen molar-refractivity contribution in [2.24, 2.45) is 0 Å². The van der Waals surface area contributed by atoms with E-state index in [1.54, 1.807) is 12.1 Å². The van der Waals surface area contributed by atoms with Crippen LogP contribution in [0.25, 0.3) is 0 Å². The van der Waals surface area contributed by atoms with Gasteiger partial charge in [-0.1, -0.05) is 18.7 Å². The van der Waals surface area contributed by atoms with Crippen LogP contribution in [0.1, 0.15) is 18.4 Å².